The molecule has 1 amide bonds. The molecule has 1 heterocycles. The summed E-state index contributed by atoms with van der Waals surface area (Å²) in [6.07, 6.45) is 1.38. The van der Waals surface area contributed by atoms with Crippen molar-refractivity contribution in [3.05, 3.63) is 96.0 Å². The van der Waals surface area contributed by atoms with Crippen molar-refractivity contribution in [2.45, 2.75) is 0 Å². The van der Waals surface area contributed by atoms with Crippen LogP contribution in [0.1, 0.15) is 5.76 Å². The standard InChI is InChI=1S/C24H15FN2O2/c25-20-8-5-17(6-9-20)23-12-11-22(29-23)14-19(15-26)24(28)27-21-10-7-16-3-1-2-4-18(16)13-21/h1-14H,(H,27,28)/b19-14+. The van der Waals surface area contributed by atoms with Gasteiger partial charge in [0.05, 0.1) is 0 Å². The zero-order valence-corrected chi connectivity index (χ0v) is 15.2. The Balaban J connectivity index is 1.54. The van der Waals surface area contributed by atoms with Gasteiger partial charge in [-0.3, -0.25) is 4.79 Å². The molecule has 0 aliphatic heterocycles. The highest BCUT2D eigenvalue weighted by Gasteiger charge is 2.12. The fourth-order valence-corrected chi connectivity index (χ4v) is 2.96. The van der Waals surface area contributed by atoms with Crippen molar-refractivity contribution in [2.24, 2.45) is 0 Å². The first-order valence-electron chi connectivity index (χ1n) is 8.90. The zero-order valence-electron chi connectivity index (χ0n) is 15.2. The second kappa shape index (κ2) is 7.83. The summed E-state index contributed by atoms with van der Waals surface area (Å²) in [6.45, 7) is 0. The molecule has 1 aromatic heterocycles. The lowest BCUT2D eigenvalue weighted by atomic mass is 10.1. The molecular weight excluding hydrogens is 367 g/mol. The lowest BCUT2D eigenvalue weighted by molar-refractivity contribution is -0.112. The number of amides is 1. The van der Waals surface area contributed by atoms with E-state index < -0.39 is 5.91 Å². The molecule has 0 atom stereocenters. The average molecular weight is 382 g/mol. The molecule has 4 aromatic rings. The van der Waals surface area contributed by atoms with Crippen LogP contribution in [0.4, 0.5) is 10.1 Å². The molecule has 0 saturated carbocycles. The van der Waals surface area contributed by atoms with E-state index in [9.17, 15) is 14.4 Å². The fourth-order valence-electron chi connectivity index (χ4n) is 2.96. The molecule has 0 aliphatic rings. The number of benzene rings is 3. The van der Waals surface area contributed by atoms with Crippen LogP contribution in [-0.2, 0) is 4.79 Å². The summed E-state index contributed by atoms with van der Waals surface area (Å²) >= 11 is 0. The Hall–Kier alpha value is -4.17. The number of carbonyl (C=O) groups is 1. The topological polar surface area (TPSA) is 66.0 Å². The van der Waals surface area contributed by atoms with Crippen molar-refractivity contribution in [3.63, 3.8) is 0 Å². The van der Waals surface area contributed by atoms with Gasteiger partial charge in [-0.1, -0.05) is 30.3 Å². The van der Waals surface area contributed by atoms with Gasteiger partial charge in [-0.2, -0.15) is 5.26 Å². The lowest BCUT2D eigenvalue weighted by Crippen LogP contribution is -2.13. The highest BCUT2D eigenvalue weighted by Crippen LogP contribution is 2.24. The Labute approximate surface area is 166 Å². The molecule has 0 radical (unpaired) electrons. The number of hydrogen-bond acceptors (Lipinski definition) is 3. The number of carbonyl (C=O) groups excluding carboxylic acids is 1. The SMILES string of the molecule is N#C/C(=C\c1ccc(-c2ccc(F)cc2)o1)C(=O)Nc1ccc2ccccc2c1. The molecule has 29 heavy (non-hydrogen) atoms. The number of nitriles is 1. The first kappa shape index (κ1) is 18.2. The highest BCUT2D eigenvalue weighted by atomic mass is 19.1. The summed E-state index contributed by atoms with van der Waals surface area (Å²) < 4.78 is 18.7. The van der Waals surface area contributed by atoms with E-state index in [0.29, 0.717) is 22.8 Å². The van der Waals surface area contributed by atoms with Gasteiger partial charge in [-0.15, -0.1) is 0 Å². The number of nitrogens with one attached hydrogen (secondary N) is 1. The van der Waals surface area contributed by atoms with Gasteiger partial charge < -0.3 is 9.73 Å². The summed E-state index contributed by atoms with van der Waals surface area (Å²) in [4.78, 5) is 12.5. The monoisotopic (exact) mass is 382 g/mol. The van der Waals surface area contributed by atoms with Gasteiger partial charge >= 0.3 is 0 Å². The van der Waals surface area contributed by atoms with Crippen LogP contribution in [0.2, 0.25) is 0 Å². The van der Waals surface area contributed by atoms with Crippen LogP contribution >= 0.6 is 0 Å². The van der Waals surface area contributed by atoms with E-state index >= 15 is 0 Å². The molecule has 0 unspecified atom stereocenters. The molecule has 5 heteroatoms. The van der Waals surface area contributed by atoms with Gasteiger partial charge in [0.25, 0.3) is 5.91 Å². The number of hydrogen-bond donors (Lipinski definition) is 1. The van der Waals surface area contributed by atoms with E-state index in [1.807, 2.05) is 42.5 Å². The average Bonchev–Trinajstić information content (AvgIpc) is 3.21. The first-order valence-corrected chi connectivity index (χ1v) is 8.90. The van der Waals surface area contributed by atoms with Gasteiger partial charge in [0, 0.05) is 17.3 Å². The maximum Gasteiger partial charge on any atom is 0.266 e. The van der Waals surface area contributed by atoms with Crippen LogP contribution in [0.3, 0.4) is 0 Å². The third kappa shape index (κ3) is 4.07. The molecule has 0 spiro atoms. The minimum atomic E-state index is -0.525. The highest BCUT2D eigenvalue weighted by molar-refractivity contribution is 6.10. The number of fused-ring (bicyclic) bond motifs is 1. The summed E-state index contributed by atoms with van der Waals surface area (Å²) in [7, 11) is 0. The largest absolute Gasteiger partial charge is 0.457 e. The molecule has 0 saturated heterocycles. The van der Waals surface area contributed by atoms with Crippen molar-refractivity contribution in [1.82, 2.24) is 0 Å². The van der Waals surface area contributed by atoms with Gasteiger partial charge in [-0.25, -0.2) is 4.39 Å². The number of nitrogens with zero attached hydrogens (tertiary/aromatic N) is 1. The minimum Gasteiger partial charge on any atom is -0.457 e. The second-order valence-corrected chi connectivity index (χ2v) is 6.39. The third-order valence-electron chi connectivity index (χ3n) is 4.41. The maximum atomic E-state index is 13.1. The lowest BCUT2D eigenvalue weighted by Gasteiger charge is -2.05. The van der Waals surface area contributed by atoms with Crippen LogP contribution in [0.25, 0.3) is 28.2 Å². The van der Waals surface area contributed by atoms with Crippen molar-refractivity contribution in [3.8, 4) is 17.4 Å². The smallest absolute Gasteiger partial charge is 0.266 e. The molecular formula is C24H15FN2O2. The summed E-state index contributed by atoms with van der Waals surface area (Å²) in [5.41, 5.74) is 1.21. The maximum absolute atomic E-state index is 13.1. The Morgan fingerprint density at radius 1 is 0.966 bits per heavy atom. The minimum absolute atomic E-state index is 0.0850. The molecule has 0 bridgehead atoms. The third-order valence-corrected chi connectivity index (χ3v) is 4.41. The van der Waals surface area contributed by atoms with Crippen LogP contribution in [0.5, 0.6) is 0 Å². The normalized spacial score (nSPS) is 11.2. The van der Waals surface area contributed by atoms with Gasteiger partial charge in [-0.05, 0) is 59.3 Å². The van der Waals surface area contributed by atoms with Crippen LogP contribution in [-0.4, -0.2) is 5.91 Å². The molecule has 4 nitrogen and oxygen atoms in total. The molecule has 1 N–H and O–H groups in total. The quantitative estimate of drug-likeness (QED) is 0.359. The number of halogens is 1. The van der Waals surface area contributed by atoms with E-state index in [1.165, 1.54) is 18.2 Å². The Bertz CT molecular complexity index is 1260. The Morgan fingerprint density at radius 3 is 2.48 bits per heavy atom. The summed E-state index contributed by atoms with van der Waals surface area (Å²) in [5, 5.41) is 14.2. The second-order valence-electron chi connectivity index (χ2n) is 6.39. The van der Waals surface area contributed by atoms with Crippen molar-refractivity contribution >= 4 is 28.4 Å². The van der Waals surface area contributed by atoms with Crippen molar-refractivity contribution in [2.75, 3.05) is 5.32 Å². The van der Waals surface area contributed by atoms with Crippen molar-refractivity contribution < 1.29 is 13.6 Å². The Kier molecular flexibility index (Phi) is 4.91. The number of furan rings is 1. The van der Waals surface area contributed by atoms with E-state index in [2.05, 4.69) is 5.32 Å². The van der Waals surface area contributed by atoms with E-state index in [1.54, 1.807) is 30.3 Å². The van der Waals surface area contributed by atoms with Gasteiger partial charge in [0.2, 0.25) is 0 Å². The van der Waals surface area contributed by atoms with Crippen molar-refractivity contribution in [1.29, 1.82) is 5.26 Å². The molecule has 140 valence electrons. The summed E-state index contributed by atoms with van der Waals surface area (Å²) in [5.74, 6) is 0.0121. The first-order chi connectivity index (χ1) is 14.1. The Morgan fingerprint density at radius 2 is 1.72 bits per heavy atom. The van der Waals surface area contributed by atoms with E-state index in [4.69, 9.17) is 4.42 Å². The van der Waals surface area contributed by atoms with E-state index in [-0.39, 0.29) is 11.4 Å². The molecule has 0 fully saturated rings. The molecule has 3 aromatic carbocycles. The molecule has 0 aliphatic carbocycles. The van der Waals surface area contributed by atoms with Crippen LogP contribution in [0, 0.1) is 17.1 Å². The van der Waals surface area contributed by atoms with Gasteiger partial charge in [0.15, 0.2) is 0 Å². The number of anilines is 1. The van der Waals surface area contributed by atoms with E-state index in [0.717, 1.165) is 10.8 Å². The van der Waals surface area contributed by atoms with Crippen LogP contribution < -0.4 is 5.32 Å². The number of rotatable bonds is 4. The van der Waals surface area contributed by atoms with Crippen LogP contribution in [0.15, 0.2) is 88.9 Å². The predicted molar refractivity (Wildman–Crippen MR) is 110 cm³/mol. The zero-order chi connectivity index (χ0) is 20.2. The summed E-state index contributed by atoms with van der Waals surface area (Å²) in [6, 6.07) is 24.5. The molecule has 4 rings (SSSR count). The predicted octanol–water partition coefficient (Wildman–Crippen LogP) is 5.78. The fraction of sp³-hybridized carbons (Fsp3) is 0. The van der Waals surface area contributed by atoms with Gasteiger partial charge in [0.1, 0.15) is 29.0 Å².